The number of imide groups is 1. The van der Waals surface area contributed by atoms with Gasteiger partial charge in [-0.15, -0.1) is 0 Å². The first-order valence-corrected chi connectivity index (χ1v) is 12.0. The fourth-order valence-electron chi connectivity index (χ4n) is 3.32. The second kappa shape index (κ2) is 11.0. The number of urea groups is 1. The molecule has 1 heterocycles. The van der Waals surface area contributed by atoms with Crippen LogP contribution < -0.4 is 20.7 Å². The average molecular weight is 461 g/mol. The lowest BCUT2D eigenvalue weighted by Crippen LogP contribution is -2.41. The van der Waals surface area contributed by atoms with Gasteiger partial charge in [-0.2, -0.15) is 4.31 Å². The molecule has 1 aliphatic rings. The molecule has 9 nitrogen and oxygen atoms in total. The Morgan fingerprint density at radius 1 is 1.03 bits per heavy atom. The minimum Gasteiger partial charge on any atom is -0.455 e. The summed E-state index contributed by atoms with van der Waals surface area (Å²) in [5.41, 5.74) is 0.331. The number of benzene rings is 2. The van der Waals surface area contributed by atoms with E-state index < -0.39 is 22.0 Å². The first-order valence-electron chi connectivity index (χ1n) is 10.6. The van der Waals surface area contributed by atoms with Gasteiger partial charge in [0.05, 0.1) is 17.1 Å². The van der Waals surface area contributed by atoms with Gasteiger partial charge in [0.2, 0.25) is 15.9 Å². The van der Waals surface area contributed by atoms with Crippen molar-refractivity contribution in [2.75, 3.05) is 31.5 Å². The molecule has 2 aromatic rings. The molecule has 3 rings (SSSR count). The van der Waals surface area contributed by atoms with Crippen LogP contribution in [-0.4, -0.2) is 50.8 Å². The van der Waals surface area contributed by atoms with Crippen molar-refractivity contribution in [3.8, 4) is 11.5 Å². The van der Waals surface area contributed by atoms with Gasteiger partial charge in [-0.3, -0.25) is 10.1 Å². The van der Waals surface area contributed by atoms with E-state index in [1.165, 1.54) is 16.4 Å². The van der Waals surface area contributed by atoms with E-state index >= 15 is 0 Å². The highest BCUT2D eigenvalue weighted by Gasteiger charge is 2.27. The summed E-state index contributed by atoms with van der Waals surface area (Å²) in [5, 5.41) is 7.57. The highest BCUT2D eigenvalue weighted by atomic mass is 32.2. The number of anilines is 1. The Labute approximate surface area is 188 Å². The van der Waals surface area contributed by atoms with Gasteiger partial charge in [0, 0.05) is 19.6 Å². The molecule has 0 radical (unpaired) electrons. The number of sulfonamides is 1. The number of hydrogen-bond donors (Lipinski definition) is 3. The summed E-state index contributed by atoms with van der Waals surface area (Å²) < 4.78 is 33.6. The van der Waals surface area contributed by atoms with E-state index in [1.54, 1.807) is 25.1 Å². The third-order valence-corrected chi connectivity index (χ3v) is 6.80. The molecule has 32 heavy (non-hydrogen) atoms. The number of ether oxygens (including phenoxy) is 1. The van der Waals surface area contributed by atoms with Crippen molar-refractivity contribution in [2.45, 2.75) is 31.1 Å². The predicted octanol–water partition coefficient (Wildman–Crippen LogP) is 2.91. The molecule has 1 aliphatic heterocycles. The molecule has 0 aliphatic carbocycles. The molecule has 0 atom stereocenters. The summed E-state index contributed by atoms with van der Waals surface area (Å²) in [6.45, 7) is 2.86. The molecule has 0 saturated carbocycles. The second-order valence-electron chi connectivity index (χ2n) is 7.30. The highest BCUT2D eigenvalue weighted by molar-refractivity contribution is 7.89. The maximum Gasteiger partial charge on any atom is 0.321 e. The number of amides is 3. The van der Waals surface area contributed by atoms with Crippen LogP contribution in [0.4, 0.5) is 10.5 Å². The van der Waals surface area contributed by atoms with Gasteiger partial charge in [-0.25, -0.2) is 13.2 Å². The van der Waals surface area contributed by atoms with Gasteiger partial charge < -0.3 is 15.4 Å². The van der Waals surface area contributed by atoms with Crippen LogP contribution >= 0.6 is 0 Å². The van der Waals surface area contributed by atoms with Crippen molar-refractivity contribution in [2.24, 2.45) is 0 Å². The Morgan fingerprint density at radius 3 is 2.44 bits per heavy atom. The third kappa shape index (κ3) is 6.21. The maximum atomic E-state index is 13.1. The minimum absolute atomic E-state index is 0.117. The number of carbonyl (C=O) groups excluding carboxylic acids is 2. The van der Waals surface area contributed by atoms with Gasteiger partial charge in [0.25, 0.3) is 0 Å². The third-order valence-electron chi connectivity index (χ3n) is 4.90. The summed E-state index contributed by atoms with van der Waals surface area (Å²) in [7, 11) is -3.67. The lowest BCUT2D eigenvalue weighted by atomic mass is 10.2. The average Bonchev–Trinajstić information content (AvgIpc) is 2.79. The Hall–Kier alpha value is -3.11. The molecule has 2 aromatic carbocycles. The fraction of sp³-hybridized carbons (Fsp3) is 0.364. The quantitative estimate of drug-likeness (QED) is 0.558. The first kappa shape index (κ1) is 23.6. The van der Waals surface area contributed by atoms with E-state index in [0.717, 1.165) is 19.3 Å². The summed E-state index contributed by atoms with van der Waals surface area (Å²) >= 11 is 0. The molecular formula is C22H28N4O5S. The molecule has 0 spiro atoms. The lowest BCUT2D eigenvalue weighted by molar-refractivity contribution is -0.118. The van der Waals surface area contributed by atoms with E-state index in [1.807, 2.05) is 18.2 Å². The molecular weight excluding hydrogens is 432 g/mol. The molecule has 10 heteroatoms. The molecule has 3 amide bonds. The molecule has 1 fully saturated rings. The molecule has 1 saturated heterocycles. The first-order chi connectivity index (χ1) is 15.4. The number of nitrogens with one attached hydrogen (secondary N) is 3. The summed E-state index contributed by atoms with van der Waals surface area (Å²) in [6.07, 6.45) is 2.68. The van der Waals surface area contributed by atoms with E-state index in [0.29, 0.717) is 36.8 Å². The zero-order valence-electron chi connectivity index (χ0n) is 18.0. The van der Waals surface area contributed by atoms with Gasteiger partial charge in [0.1, 0.15) is 5.75 Å². The monoisotopic (exact) mass is 460 g/mol. The van der Waals surface area contributed by atoms with E-state index in [9.17, 15) is 18.0 Å². The molecule has 0 aromatic heterocycles. The number of nitrogens with zero attached hydrogens (tertiary/aromatic N) is 1. The SMILES string of the molecule is CCNC(=O)NC(=O)CNc1cc(S(=O)(=O)N2CCCCC2)ccc1Oc1ccccc1. The number of rotatable bonds is 8. The van der Waals surface area contributed by atoms with Crippen LogP contribution in [0.3, 0.4) is 0 Å². The van der Waals surface area contributed by atoms with Crippen molar-refractivity contribution in [1.29, 1.82) is 0 Å². The topological polar surface area (TPSA) is 117 Å². The Bertz CT molecular complexity index is 1040. The standard InChI is InChI=1S/C22H28N4O5S/c1-2-23-22(28)25-21(27)16-24-19-15-18(32(29,30)26-13-7-4-8-14-26)11-12-20(19)31-17-9-5-3-6-10-17/h3,5-6,9-12,15,24H,2,4,7-8,13-14,16H2,1H3,(H2,23,25,27,28). The Balaban J connectivity index is 1.83. The molecule has 0 unspecified atom stereocenters. The van der Waals surface area contributed by atoms with Crippen LogP contribution in [-0.2, 0) is 14.8 Å². The van der Waals surface area contributed by atoms with Crippen molar-refractivity contribution in [1.82, 2.24) is 14.9 Å². The summed E-state index contributed by atoms with van der Waals surface area (Å²) in [4.78, 5) is 23.8. The highest BCUT2D eigenvalue weighted by Crippen LogP contribution is 2.33. The van der Waals surface area contributed by atoms with Crippen LogP contribution in [0, 0.1) is 0 Å². The van der Waals surface area contributed by atoms with E-state index in [4.69, 9.17) is 4.74 Å². The number of piperidine rings is 1. The van der Waals surface area contributed by atoms with Gasteiger partial charge in [-0.1, -0.05) is 24.6 Å². The van der Waals surface area contributed by atoms with Crippen molar-refractivity contribution >= 4 is 27.6 Å². The molecule has 172 valence electrons. The van der Waals surface area contributed by atoms with Crippen LogP contribution in [0.2, 0.25) is 0 Å². The number of carbonyl (C=O) groups is 2. The van der Waals surface area contributed by atoms with Crippen LogP contribution in [0.5, 0.6) is 11.5 Å². The molecule has 3 N–H and O–H groups in total. The van der Waals surface area contributed by atoms with E-state index in [-0.39, 0.29) is 11.4 Å². The number of hydrogen-bond acceptors (Lipinski definition) is 6. The zero-order valence-corrected chi connectivity index (χ0v) is 18.8. The number of para-hydroxylation sites is 1. The van der Waals surface area contributed by atoms with E-state index in [2.05, 4.69) is 16.0 Å². The van der Waals surface area contributed by atoms with Gasteiger partial charge in [0.15, 0.2) is 5.75 Å². The Kier molecular flexibility index (Phi) is 8.07. The fourth-order valence-corrected chi connectivity index (χ4v) is 4.86. The summed E-state index contributed by atoms with van der Waals surface area (Å²) in [6, 6.07) is 13.0. The molecule has 0 bridgehead atoms. The van der Waals surface area contributed by atoms with Gasteiger partial charge >= 0.3 is 6.03 Å². The van der Waals surface area contributed by atoms with Crippen LogP contribution in [0.1, 0.15) is 26.2 Å². The smallest absolute Gasteiger partial charge is 0.321 e. The van der Waals surface area contributed by atoms with Crippen molar-refractivity contribution in [3.05, 3.63) is 48.5 Å². The van der Waals surface area contributed by atoms with Crippen LogP contribution in [0.25, 0.3) is 0 Å². The maximum absolute atomic E-state index is 13.1. The normalized spacial score (nSPS) is 14.4. The Morgan fingerprint density at radius 2 is 1.75 bits per heavy atom. The minimum atomic E-state index is -3.67. The summed E-state index contributed by atoms with van der Waals surface area (Å²) in [5.74, 6) is 0.361. The van der Waals surface area contributed by atoms with Crippen LogP contribution in [0.15, 0.2) is 53.4 Å². The largest absolute Gasteiger partial charge is 0.455 e. The van der Waals surface area contributed by atoms with Crippen molar-refractivity contribution < 1.29 is 22.7 Å². The van der Waals surface area contributed by atoms with Gasteiger partial charge in [-0.05, 0) is 50.1 Å². The predicted molar refractivity (Wildman–Crippen MR) is 121 cm³/mol. The lowest BCUT2D eigenvalue weighted by Gasteiger charge is -2.26. The van der Waals surface area contributed by atoms with Crippen molar-refractivity contribution in [3.63, 3.8) is 0 Å². The second-order valence-corrected chi connectivity index (χ2v) is 9.24. The zero-order chi connectivity index (χ0) is 23.0.